The zero-order valence-electron chi connectivity index (χ0n) is 9.32. The van der Waals surface area contributed by atoms with Crippen molar-refractivity contribution in [3.8, 4) is 0 Å². The fraction of sp³-hybridized carbons (Fsp3) is 0.364. The van der Waals surface area contributed by atoms with Crippen LogP contribution in [0.5, 0.6) is 0 Å². The molecule has 0 aliphatic heterocycles. The molecular formula is C11H15N3O. The average molecular weight is 205 g/mol. The number of rotatable bonds is 4. The molecule has 0 atom stereocenters. The maximum atomic E-state index is 11.4. The quantitative estimate of drug-likeness (QED) is 0.430. The van der Waals surface area contributed by atoms with E-state index in [-0.39, 0.29) is 5.78 Å². The second kappa shape index (κ2) is 4.68. The molecular weight excluding hydrogens is 190 g/mol. The Labute approximate surface area is 89.3 Å². The molecule has 0 fully saturated rings. The van der Waals surface area contributed by atoms with Crippen LogP contribution in [0.2, 0.25) is 0 Å². The van der Waals surface area contributed by atoms with Crippen molar-refractivity contribution < 1.29 is 4.79 Å². The maximum Gasteiger partial charge on any atom is 0.165 e. The van der Waals surface area contributed by atoms with E-state index in [1.54, 1.807) is 24.0 Å². The predicted octanol–water partition coefficient (Wildman–Crippen LogP) is 2.21. The lowest BCUT2D eigenvalue weighted by Crippen LogP contribution is -1.94. The van der Waals surface area contributed by atoms with Gasteiger partial charge in [-0.3, -0.25) is 9.48 Å². The van der Waals surface area contributed by atoms with Gasteiger partial charge in [0.15, 0.2) is 11.6 Å². The number of allylic oxidation sites excluding steroid dienone is 1. The van der Waals surface area contributed by atoms with Gasteiger partial charge in [-0.1, -0.05) is 6.08 Å². The number of carbonyl (C=O) groups excluding carboxylic acids is 1. The van der Waals surface area contributed by atoms with Gasteiger partial charge in [0.1, 0.15) is 0 Å². The Morgan fingerprint density at radius 2 is 2.33 bits per heavy atom. The van der Waals surface area contributed by atoms with Gasteiger partial charge in [0, 0.05) is 19.7 Å². The molecule has 15 heavy (non-hydrogen) atoms. The number of aryl methyl sites for hydroxylation is 2. The van der Waals surface area contributed by atoms with Crippen molar-refractivity contribution >= 4 is 17.8 Å². The first-order chi connectivity index (χ1) is 7.07. The Bertz CT molecular complexity index is 416. The molecule has 0 N–H and O–H groups in total. The average Bonchev–Trinajstić information content (AvgIpc) is 2.42. The summed E-state index contributed by atoms with van der Waals surface area (Å²) >= 11 is 0. The summed E-state index contributed by atoms with van der Waals surface area (Å²) in [5, 5.41) is 4.17. The number of hydrogen-bond donors (Lipinski definition) is 0. The number of Topliss-reactive ketones (excluding diaryl/α,β-unsaturated/α-hetero) is 1. The lowest BCUT2D eigenvalue weighted by molar-refractivity contribution is 0.101. The van der Waals surface area contributed by atoms with Gasteiger partial charge in [0.2, 0.25) is 0 Å². The van der Waals surface area contributed by atoms with Gasteiger partial charge in [-0.15, -0.1) is 6.58 Å². The van der Waals surface area contributed by atoms with Crippen LogP contribution in [0.1, 0.15) is 29.4 Å². The third kappa shape index (κ3) is 2.40. The molecule has 0 saturated carbocycles. The summed E-state index contributed by atoms with van der Waals surface area (Å²) < 4.78 is 1.62. The van der Waals surface area contributed by atoms with E-state index >= 15 is 0 Å². The monoisotopic (exact) mass is 205 g/mol. The molecule has 80 valence electrons. The predicted molar refractivity (Wildman–Crippen MR) is 60.9 cm³/mol. The molecule has 0 spiro atoms. The van der Waals surface area contributed by atoms with Crippen LogP contribution >= 0.6 is 0 Å². The van der Waals surface area contributed by atoms with Crippen LogP contribution in [-0.4, -0.2) is 21.8 Å². The Kier molecular flexibility index (Phi) is 3.55. The van der Waals surface area contributed by atoms with Crippen molar-refractivity contribution in [1.29, 1.82) is 0 Å². The highest BCUT2D eigenvalue weighted by atomic mass is 16.1. The normalized spacial score (nSPS) is 10.9. The summed E-state index contributed by atoms with van der Waals surface area (Å²) in [6.07, 6.45) is 4.15. The molecule has 1 rings (SSSR count). The van der Waals surface area contributed by atoms with Crippen molar-refractivity contribution in [2.24, 2.45) is 12.0 Å². The van der Waals surface area contributed by atoms with Crippen molar-refractivity contribution in [2.75, 3.05) is 0 Å². The summed E-state index contributed by atoms with van der Waals surface area (Å²) in [5.41, 5.74) is 1.31. The maximum absolute atomic E-state index is 11.4. The molecule has 4 nitrogen and oxygen atoms in total. The number of ketones is 1. The van der Waals surface area contributed by atoms with E-state index in [4.69, 9.17) is 0 Å². The molecule has 1 aromatic rings. The summed E-state index contributed by atoms with van der Waals surface area (Å²) in [7, 11) is 1.78. The number of aliphatic imine (C=N–C) groups is 1. The Hall–Kier alpha value is -1.71. The molecule has 4 heteroatoms. The number of hydrogen-bond acceptors (Lipinski definition) is 3. The fourth-order valence-electron chi connectivity index (χ4n) is 1.42. The molecule has 0 bridgehead atoms. The number of aromatic nitrogens is 2. The lowest BCUT2D eigenvalue weighted by Gasteiger charge is -1.96. The minimum atomic E-state index is -0.00801. The molecule has 1 aromatic heterocycles. The van der Waals surface area contributed by atoms with E-state index in [0.29, 0.717) is 17.8 Å². The number of nitrogens with zero attached hydrogens (tertiary/aromatic N) is 3. The van der Waals surface area contributed by atoms with Crippen LogP contribution in [0.25, 0.3) is 0 Å². The van der Waals surface area contributed by atoms with Crippen LogP contribution in [-0.2, 0) is 7.05 Å². The zero-order valence-corrected chi connectivity index (χ0v) is 9.32. The molecule has 0 aromatic carbocycles. The molecule has 1 heterocycles. The van der Waals surface area contributed by atoms with Crippen molar-refractivity contribution in [1.82, 2.24) is 9.78 Å². The van der Waals surface area contributed by atoms with Crippen molar-refractivity contribution in [3.63, 3.8) is 0 Å². The van der Waals surface area contributed by atoms with E-state index in [2.05, 4.69) is 16.7 Å². The molecule has 0 aliphatic carbocycles. The topological polar surface area (TPSA) is 47.2 Å². The standard InChI is InChI=1S/C11H15N3O/c1-5-6-7-12-11-10(9(3)15)8(2)13-14(11)4/h5,7H,1,6H2,2-4H3/b12-7-. The van der Waals surface area contributed by atoms with E-state index in [0.717, 1.165) is 5.69 Å². The van der Waals surface area contributed by atoms with E-state index in [1.807, 2.05) is 6.92 Å². The summed E-state index contributed by atoms with van der Waals surface area (Å²) in [5.74, 6) is 0.605. The third-order valence-electron chi connectivity index (χ3n) is 2.03. The van der Waals surface area contributed by atoms with Crippen molar-refractivity contribution in [3.05, 3.63) is 23.9 Å². The van der Waals surface area contributed by atoms with Crippen LogP contribution < -0.4 is 0 Å². The Morgan fingerprint density at radius 3 is 2.87 bits per heavy atom. The Morgan fingerprint density at radius 1 is 1.67 bits per heavy atom. The highest BCUT2D eigenvalue weighted by Gasteiger charge is 2.15. The first-order valence-electron chi connectivity index (χ1n) is 4.76. The lowest BCUT2D eigenvalue weighted by atomic mass is 10.2. The molecule has 0 amide bonds. The smallest absolute Gasteiger partial charge is 0.165 e. The summed E-state index contributed by atoms with van der Waals surface area (Å²) in [4.78, 5) is 15.6. The minimum absolute atomic E-state index is 0.00801. The highest BCUT2D eigenvalue weighted by Crippen LogP contribution is 2.21. The largest absolute Gasteiger partial charge is 0.294 e. The zero-order chi connectivity index (χ0) is 11.4. The first kappa shape index (κ1) is 11.4. The highest BCUT2D eigenvalue weighted by molar-refractivity contribution is 5.99. The van der Waals surface area contributed by atoms with E-state index < -0.39 is 0 Å². The fourth-order valence-corrected chi connectivity index (χ4v) is 1.42. The molecule has 0 unspecified atom stereocenters. The summed E-state index contributed by atoms with van der Waals surface area (Å²) in [6.45, 7) is 6.93. The van der Waals surface area contributed by atoms with Crippen LogP contribution in [0.3, 0.4) is 0 Å². The van der Waals surface area contributed by atoms with Gasteiger partial charge >= 0.3 is 0 Å². The van der Waals surface area contributed by atoms with Gasteiger partial charge in [0.05, 0.1) is 11.3 Å². The second-order valence-corrected chi connectivity index (χ2v) is 3.30. The van der Waals surface area contributed by atoms with Crippen LogP contribution in [0, 0.1) is 6.92 Å². The van der Waals surface area contributed by atoms with Crippen molar-refractivity contribution in [2.45, 2.75) is 20.3 Å². The van der Waals surface area contributed by atoms with Gasteiger partial charge < -0.3 is 0 Å². The Balaban J connectivity index is 3.14. The van der Waals surface area contributed by atoms with E-state index in [1.165, 1.54) is 6.92 Å². The third-order valence-corrected chi connectivity index (χ3v) is 2.03. The molecule has 0 saturated heterocycles. The van der Waals surface area contributed by atoms with E-state index in [9.17, 15) is 4.79 Å². The van der Waals surface area contributed by atoms with Gasteiger partial charge in [-0.25, -0.2) is 4.99 Å². The van der Waals surface area contributed by atoms with Crippen LogP contribution in [0.4, 0.5) is 5.82 Å². The first-order valence-corrected chi connectivity index (χ1v) is 4.76. The van der Waals surface area contributed by atoms with Crippen LogP contribution in [0.15, 0.2) is 17.6 Å². The van der Waals surface area contributed by atoms with Gasteiger partial charge in [-0.05, 0) is 13.8 Å². The molecule has 0 radical (unpaired) electrons. The summed E-state index contributed by atoms with van der Waals surface area (Å²) in [6, 6.07) is 0. The van der Waals surface area contributed by atoms with Gasteiger partial charge in [-0.2, -0.15) is 5.10 Å². The molecule has 0 aliphatic rings. The SMILES string of the molecule is C=CC/C=N\c1c(C(C)=O)c(C)nn1C. The minimum Gasteiger partial charge on any atom is -0.294 e. The second-order valence-electron chi connectivity index (χ2n) is 3.30. The number of carbonyl (C=O) groups is 1. The van der Waals surface area contributed by atoms with Gasteiger partial charge in [0.25, 0.3) is 0 Å².